The van der Waals surface area contributed by atoms with Crippen LogP contribution in [0.5, 0.6) is 0 Å². The van der Waals surface area contributed by atoms with Crippen LogP contribution in [0.1, 0.15) is 13.8 Å². The molecule has 0 rings (SSSR count). The van der Waals surface area contributed by atoms with E-state index >= 15 is 0 Å². The van der Waals surface area contributed by atoms with Crippen LogP contribution in [-0.2, 0) is 14.2 Å². The van der Waals surface area contributed by atoms with Crippen molar-refractivity contribution >= 4 is 19.1 Å². The zero-order chi connectivity index (χ0) is 7.44. The molecule has 0 spiro atoms. The van der Waals surface area contributed by atoms with E-state index < -0.39 is 13.3 Å². The molecule has 0 saturated carbocycles. The van der Waals surface area contributed by atoms with E-state index in [1.807, 2.05) is 0 Å². The van der Waals surface area contributed by atoms with E-state index in [-0.39, 0.29) is 11.9 Å². The van der Waals surface area contributed by atoms with Crippen molar-refractivity contribution < 1.29 is 14.2 Å². The molecule has 1 unspecified atom stereocenters. The van der Waals surface area contributed by atoms with Gasteiger partial charge in [-0.2, -0.15) is 0 Å². The average Bonchev–Trinajstić information content (AvgIpc) is 1.63. The summed E-state index contributed by atoms with van der Waals surface area (Å²) in [4.78, 5) is 20.5. The van der Waals surface area contributed by atoms with Gasteiger partial charge in [0, 0.05) is 6.92 Å². The molecule has 0 bridgehead atoms. The number of ketones is 1. The largest absolute Gasteiger partial charge is 0.422 e. The lowest BCUT2D eigenvalue weighted by Gasteiger charge is -1.74. The Hall–Kier alpha value is -0.560. The van der Waals surface area contributed by atoms with Crippen molar-refractivity contribution in [3.05, 3.63) is 0 Å². The van der Waals surface area contributed by atoms with Gasteiger partial charge >= 0.3 is 13.3 Å². The molecule has 4 heteroatoms. The van der Waals surface area contributed by atoms with Gasteiger partial charge in [-0.1, -0.05) is 4.57 Å². The van der Waals surface area contributed by atoms with Crippen LogP contribution in [0.3, 0.4) is 0 Å². The molecular formula is C5H8O3P+. The summed E-state index contributed by atoms with van der Waals surface area (Å²) in [6.07, 6.45) is -0.106. The quantitative estimate of drug-likeness (QED) is 0.558. The van der Waals surface area contributed by atoms with Crippen LogP contribution < -0.4 is 0 Å². The lowest BCUT2D eigenvalue weighted by Crippen LogP contribution is -1.96. The highest BCUT2D eigenvalue weighted by Gasteiger charge is 2.23. The minimum atomic E-state index is -1.92. The third-order valence-electron chi connectivity index (χ3n) is 0.717. The van der Waals surface area contributed by atoms with Crippen LogP contribution in [0.15, 0.2) is 0 Å². The van der Waals surface area contributed by atoms with Gasteiger partial charge in [0.2, 0.25) is 6.16 Å². The van der Waals surface area contributed by atoms with Crippen LogP contribution in [0.4, 0.5) is 0 Å². The third kappa shape index (κ3) is 3.98. The molecule has 0 aromatic heterocycles. The Morgan fingerprint density at radius 1 is 1.33 bits per heavy atom. The van der Waals surface area contributed by atoms with E-state index in [4.69, 9.17) is 0 Å². The minimum absolute atomic E-state index is 0.106. The van der Waals surface area contributed by atoms with Gasteiger partial charge in [-0.05, 0) is 6.92 Å². The second kappa shape index (κ2) is 3.46. The van der Waals surface area contributed by atoms with Gasteiger partial charge in [0.1, 0.15) is 0 Å². The van der Waals surface area contributed by atoms with Gasteiger partial charge in [0.15, 0.2) is 5.78 Å². The molecule has 0 N–H and O–H groups in total. The zero-order valence-corrected chi connectivity index (χ0v) is 6.27. The molecule has 9 heavy (non-hydrogen) atoms. The van der Waals surface area contributed by atoms with Crippen LogP contribution in [0, 0.1) is 0 Å². The molecule has 0 radical (unpaired) electrons. The minimum Gasteiger partial charge on any atom is -0.295 e. The van der Waals surface area contributed by atoms with Gasteiger partial charge in [0.05, 0.1) is 0 Å². The summed E-state index contributed by atoms with van der Waals surface area (Å²) < 4.78 is 10.5. The zero-order valence-electron chi connectivity index (χ0n) is 5.38. The van der Waals surface area contributed by atoms with Crippen molar-refractivity contribution in [2.24, 2.45) is 0 Å². The number of carbonyl (C=O) groups is 2. The van der Waals surface area contributed by atoms with Crippen molar-refractivity contribution in [2.75, 3.05) is 6.16 Å². The number of Topliss-reactive ketones (excluding diaryl/α,β-unsaturated/α-hetero) is 1. The molecule has 0 aromatic rings. The van der Waals surface area contributed by atoms with Crippen molar-refractivity contribution in [3.8, 4) is 0 Å². The van der Waals surface area contributed by atoms with Crippen molar-refractivity contribution in [1.29, 1.82) is 0 Å². The van der Waals surface area contributed by atoms with Gasteiger partial charge in [0.25, 0.3) is 0 Å². The lowest BCUT2D eigenvalue weighted by atomic mass is 10.5. The second-order valence-corrected chi connectivity index (χ2v) is 3.46. The van der Waals surface area contributed by atoms with Crippen LogP contribution in [0.2, 0.25) is 0 Å². The van der Waals surface area contributed by atoms with Crippen LogP contribution >= 0.6 is 7.80 Å². The first-order valence-corrected chi connectivity index (χ1v) is 3.93. The average molecular weight is 147 g/mol. The Balaban J connectivity index is 3.79. The maximum Gasteiger partial charge on any atom is 0.422 e. The molecule has 0 heterocycles. The molecule has 3 nitrogen and oxygen atoms in total. The fourth-order valence-electron chi connectivity index (χ4n) is 0.314. The summed E-state index contributed by atoms with van der Waals surface area (Å²) in [5.74, 6) is -0.202. The molecule has 0 aliphatic heterocycles. The predicted molar refractivity (Wildman–Crippen MR) is 33.8 cm³/mol. The number of hydrogen-bond acceptors (Lipinski definition) is 3. The first-order valence-electron chi connectivity index (χ1n) is 2.48. The molecule has 0 amide bonds. The highest BCUT2D eigenvalue weighted by atomic mass is 31.1. The molecule has 50 valence electrons. The lowest BCUT2D eigenvalue weighted by molar-refractivity contribution is -0.115. The van der Waals surface area contributed by atoms with E-state index in [9.17, 15) is 14.2 Å². The Morgan fingerprint density at radius 2 is 1.78 bits per heavy atom. The van der Waals surface area contributed by atoms with E-state index in [1.165, 1.54) is 13.8 Å². The number of rotatable bonds is 3. The molecule has 0 aliphatic carbocycles. The Labute approximate surface area is 54.2 Å². The number of carbonyl (C=O) groups excluding carboxylic acids is 2. The second-order valence-electron chi connectivity index (χ2n) is 1.76. The van der Waals surface area contributed by atoms with Gasteiger partial charge in [-0.25, -0.2) is 4.79 Å². The SMILES string of the molecule is CC(=O)C[P+](=O)C(C)=O. The van der Waals surface area contributed by atoms with Gasteiger partial charge in [-0.15, -0.1) is 0 Å². The molecule has 0 aromatic carbocycles. The summed E-state index contributed by atoms with van der Waals surface area (Å²) in [5.41, 5.74) is -0.403. The Kier molecular flexibility index (Phi) is 3.25. The van der Waals surface area contributed by atoms with Gasteiger partial charge in [-0.3, -0.25) is 4.79 Å². The number of hydrogen-bond donors (Lipinski definition) is 0. The van der Waals surface area contributed by atoms with E-state index in [0.29, 0.717) is 0 Å². The first kappa shape index (κ1) is 8.44. The van der Waals surface area contributed by atoms with Crippen LogP contribution in [-0.4, -0.2) is 17.5 Å². The van der Waals surface area contributed by atoms with E-state index in [2.05, 4.69) is 0 Å². The summed E-state index contributed by atoms with van der Waals surface area (Å²) in [6, 6.07) is 0. The fourth-order valence-corrected chi connectivity index (χ4v) is 0.941. The third-order valence-corrected chi connectivity index (χ3v) is 2.15. The maximum absolute atomic E-state index is 10.5. The Morgan fingerprint density at radius 3 is 1.89 bits per heavy atom. The topological polar surface area (TPSA) is 51.2 Å². The summed E-state index contributed by atoms with van der Waals surface area (Å²) in [6.45, 7) is 2.54. The van der Waals surface area contributed by atoms with E-state index in [0.717, 1.165) is 0 Å². The normalized spacial score (nSPS) is 10.7. The predicted octanol–water partition coefficient (Wildman–Crippen LogP) is 0.949. The standard InChI is InChI=1S/C5H8O3P/c1-4(6)3-9(8)5(2)7/h3H2,1-2H3/q+1. The molecule has 0 aliphatic rings. The Bertz CT molecular complexity index is 162. The molecule has 1 atom stereocenters. The van der Waals surface area contributed by atoms with Crippen molar-refractivity contribution in [1.82, 2.24) is 0 Å². The smallest absolute Gasteiger partial charge is 0.295 e. The molecular weight excluding hydrogens is 139 g/mol. The van der Waals surface area contributed by atoms with E-state index in [1.54, 1.807) is 0 Å². The summed E-state index contributed by atoms with van der Waals surface area (Å²) in [5, 5.41) is 0. The monoisotopic (exact) mass is 147 g/mol. The highest BCUT2D eigenvalue weighted by molar-refractivity contribution is 7.64. The molecule has 0 fully saturated rings. The fraction of sp³-hybridized carbons (Fsp3) is 0.600. The van der Waals surface area contributed by atoms with Crippen molar-refractivity contribution in [3.63, 3.8) is 0 Å². The van der Waals surface area contributed by atoms with Crippen LogP contribution in [0.25, 0.3) is 0 Å². The van der Waals surface area contributed by atoms with Crippen molar-refractivity contribution in [2.45, 2.75) is 13.8 Å². The first-order chi connectivity index (χ1) is 4.04. The summed E-state index contributed by atoms with van der Waals surface area (Å²) >= 11 is 0. The molecule has 0 saturated heterocycles. The maximum atomic E-state index is 10.5. The van der Waals surface area contributed by atoms with Gasteiger partial charge < -0.3 is 0 Å². The summed E-state index contributed by atoms with van der Waals surface area (Å²) in [7, 11) is -1.92. The highest BCUT2D eigenvalue weighted by Crippen LogP contribution is 2.19.